The lowest BCUT2D eigenvalue weighted by Crippen LogP contribution is -2.18. The van der Waals surface area contributed by atoms with E-state index in [-0.39, 0.29) is 0 Å². The molecule has 1 heterocycles. The number of benzene rings is 1. The van der Waals surface area contributed by atoms with E-state index in [0.29, 0.717) is 5.56 Å². The van der Waals surface area contributed by atoms with Crippen LogP contribution in [0.5, 0.6) is 0 Å². The van der Waals surface area contributed by atoms with Crippen LogP contribution in [0.15, 0.2) is 47.2 Å². The van der Waals surface area contributed by atoms with Gasteiger partial charge in [0.15, 0.2) is 0 Å². The molecule has 0 atom stereocenters. The monoisotopic (exact) mass is 301 g/mol. The predicted octanol–water partition coefficient (Wildman–Crippen LogP) is 3.35. The zero-order chi connectivity index (χ0) is 13.0. The Morgan fingerprint density at radius 3 is 2.83 bits per heavy atom. The Morgan fingerprint density at radius 1 is 1.33 bits per heavy atom. The zero-order valence-electron chi connectivity index (χ0n) is 9.97. The quantitative estimate of drug-likeness (QED) is 0.873. The van der Waals surface area contributed by atoms with Crippen molar-refractivity contribution in [1.82, 2.24) is 4.98 Å². The zero-order valence-corrected chi connectivity index (χ0v) is 11.6. The fourth-order valence-corrected chi connectivity index (χ4v) is 2.16. The van der Waals surface area contributed by atoms with Crippen LogP contribution in [-0.2, 0) is 6.54 Å². The summed E-state index contributed by atoms with van der Waals surface area (Å²) in [5.74, 6) is 0. The maximum absolute atomic E-state index is 9.07. The minimum atomic E-state index is 0.638. The van der Waals surface area contributed by atoms with Gasteiger partial charge in [0.05, 0.1) is 17.4 Å². The third-order valence-electron chi connectivity index (χ3n) is 2.70. The van der Waals surface area contributed by atoms with Gasteiger partial charge in [0.2, 0.25) is 0 Å². The molecular weight excluding hydrogens is 290 g/mol. The maximum Gasteiger partial charge on any atom is 0.101 e. The van der Waals surface area contributed by atoms with Crippen molar-refractivity contribution in [3.8, 4) is 6.07 Å². The second-order valence-electron chi connectivity index (χ2n) is 3.95. The lowest BCUT2D eigenvalue weighted by molar-refractivity contribution is 0.911. The van der Waals surface area contributed by atoms with Gasteiger partial charge in [-0.05, 0) is 17.7 Å². The molecule has 0 saturated heterocycles. The molecule has 1 aromatic carbocycles. The van der Waals surface area contributed by atoms with Crippen LogP contribution < -0.4 is 4.90 Å². The van der Waals surface area contributed by atoms with E-state index in [1.165, 1.54) is 5.56 Å². The lowest BCUT2D eigenvalue weighted by Gasteiger charge is -2.20. The van der Waals surface area contributed by atoms with Gasteiger partial charge in [0.25, 0.3) is 0 Å². The molecule has 0 aliphatic heterocycles. The summed E-state index contributed by atoms with van der Waals surface area (Å²) in [5, 5.41) is 9.07. The van der Waals surface area contributed by atoms with E-state index in [1.807, 2.05) is 30.1 Å². The molecular formula is C14H12BrN3. The van der Waals surface area contributed by atoms with Crippen molar-refractivity contribution in [1.29, 1.82) is 5.26 Å². The summed E-state index contributed by atoms with van der Waals surface area (Å²) in [5.41, 5.74) is 2.66. The molecule has 0 aliphatic rings. The van der Waals surface area contributed by atoms with Gasteiger partial charge in [0.1, 0.15) is 6.07 Å². The molecule has 2 rings (SSSR count). The van der Waals surface area contributed by atoms with Crippen molar-refractivity contribution in [2.24, 2.45) is 0 Å². The molecule has 0 fully saturated rings. The van der Waals surface area contributed by atoms with Crippen LogP contribution in [0.2, 0.25) is 0 Å². The van der Waals surface area contributed by atoms with Gasteiger partial charge in [-0.3, -0.25) is 4.98 Å². The first kappa shape index (κ1) is 12.6. The second-order valence-corrected chi connectivity index (χ2v) is 4.81. The van der Waals surface area contributed by atoms with Gasteiger partial charge in [-0.25, -0.2) is 0 Å². The van der Waals surface area contributed by atoms with Crippen LogP contribution in [-0.4, -0.2) is 12.0 Å². The summed E-state index contributed by atoms with van der Waals surface area (Å²) in [6.07, 6.45) is 3.35. The van der Waals surface area contributed by atoms with Crippen molar-refractivity contribution in [3.05, 3.63) is 58.3 Å². The van der Waals surface area contributed by atoms with Crippen LogP contribution in [0.4, 0.5) is 5.69 Å². The van der Waals surface area contributed by atoms with E-state index >= 15 is 0 Å². The standard InChI is InChI=1S/C14H12BrN3/c1-18(10-12-4-2-3-5-13(12)15)14-9-17-7-6-11(14)8-16/h2-7,9H,10H2,1H3. The summed E-state index contributed by atoms with van der Waals surface area (Å²) in [4.78, 5) is 6.09. The van der Waals surface area contributed by atoms with Crippen molar-refractivity contribution in [3.63, 3.8) is 0 Å². The van der Waals surface area contributed by atoms with E-state index in [0.717, 1.165) is 16.7 Å². The molecule has 2 aromatic rings. The first-order valence-electron chi connectivity index (χ1n) is 5.51. The number of anilines is 1. The van der Waals surface area contributed by atoms with Crippen molar-refractivity contribution >= 4 is 21.6 Å². The molecule has 0 spiro atoms. The van der Waals surface area contributed by atoms with E-state index in [1.54, 1.807) is 18.5 Å². The number of rotatable bonds is 3. The van der Waals surface area contributed by atoms with Crippen LogP contribution in [0.3, 0.4) is 0 Å². The van der Waals surface area contributed by atoms with Crippen molar-refractivity contribution in [2.45, 2.75) is 6.54 Å². The Kier molecular flexibility index (Phi) is 3.96. The van der Waals surface area contributed by atoms with Gasteiger partial charge < -0.3 is 4.90 Å². The average Bonchev–Trinajstić information content (AvgIpc) is 2.41. The van der Waals surface area contributed by atoms with E-state index in [2.05, 4.69) is 33.0 Å². The normalized spacial score (nSPS) is 9.83. The Bertz CT molecular complexity index is 590. The summed E-state index contributed by atoms with van der Waals surface area (Å²) < 4.78 is 1.07. The maximum atomic E-state index is 9.07. The molecule has 0 saturated carbocycles. The van der Waals surface area contributed by atoms with Gasteiger partial charge in [0, 0.05) is 24.3 Å². The third kappa shape index (κ3) is 2.69. The van der Waals surface area contributed by atoms with E-state index in [4.69, 9.17) is 5.26 Å². The highest BCUT2D eigenvalue weighted by Crippen LogP contribution is 2.22. The Balaban J connectivity index is 2.26. The SMILES string of the molecule is CN(Cc1ccccc1Br)c1cnccc1C#N. The molecule has 0 aliphatic carbocycles. The fourth-order valence-electron chi connectivity index (χ4n) is 1.75. The van der Waals surface area contributed by atoms with Crippen LogP contribution in [0.25, 0.3) is 0 Å². The molecule has 3 nitrogen and oxygen atoms in total. The van der Waals surface area contributed by atoms with Gasteiger partial charge >= 0.3 is 0 Å². The largest absolute Gasteiger partial charge is 0.368 e. The first-order chi connectivity index (χ1) is 8.72. The van der Waals surface area contributed by atoms with E-state index < -0.39 is 0 Å². The predicted molar refractivity (Wildman–Crippen MR) is 75.2 cm³/mol. The van der Waals surface area contributed by atoms with Crippen LogP contribution in [0, 0.1) is 11.3 Å². The highest BCUT2D eigenvalue weighted by molar-refractivity contribution is 9.10. The molecule has 0 N–H and O–H groups in total. The number of hydrogen-bond donors (Lipinski definition) is 0. The summed E-state index contributed by atoms with van der Waals surface area (Å²) in [6, 6.07) is 12.0. The van der Waals surface area contributed by atoms with Crippen LogP contribution in [0.1, 0.15) is 11.1 Å². The molecule has 18 heavy (non-hydrogen) atoms. The summed E-state index contributed by atoms with van der Waals surface area (Å²) in [7, 11) is 1.96. The fraction of sp³-hybridized carbons (Fsp3) is 0.143. The number of pyridine rings is 1. The van der Waals surface area contributed by atoms with Gasteiger partial charge in [-0.15, -0.1) is 0 Å². The molecule has 0 amide bonds. The molecule has 1 aromatic heterocycles. The number of hydrogen-bond acceptors (Lipinski definition) is 3. The molecule has 0 radical (unpaired) electrons. The van der Waals surface area contributed by atoms with Crippen molar-refractivity contribution < 1.29 is 0 Å². The van der Waals surface area contributed by atoms with E-state index in [9.17, 15) is 0 Å². The number of halogens is 1. The van der Waals surface area contributed by atoms with Gasteiger partial charge in [-0.2, -0.15) is 5.26 Å². The Hall–Kier alpha value is -1.86. The topological polar surface area (TPSA) is 39.9 Å². The molecule has 0 unspecified atom stereocenters. The average molecular weight is 302 g/mol. The lowest BCUT2D eigenvalue weighted by atomic mass is 10.2. The number of nitriles is 1. The summed E-state index contributed by atoms with van der Waals surface area (Å²) in [6.45, 7) is 0.724. The van der Waals surface area contributed by atoms with Crippen LogP contribution >= 0.6 is 15.9 Å². The second kappa shape index (κ2) is 5.65. The van der Waals surface area contributed by atoms with Gasteiger partial charge in [-0.1, -0.05) is 34.1 Å². The summed E-state index contributed by atoms with van der Waals surface area (Å²) >= 11 is 3.53. The third-order valence-corrected chi connectivity index (χ3v) is 3.47. The Morgan fingerprint density at radius 2 is 2.11 bits per heavy atom. The molecule has 90 valence electrons. The number of aromatic nitrogens is 1. The first-order valence-corrected chi connectivity index (χ1v) is 6.30. The highest BCUT2D eigenvalue weighted by atomic mass is 79.9. The van der Waals surface area contributed by atoms with Crippen molar-refractivity contribution in [2.75, 3.05) is 11.9 Å². The Labute approximate surface area is 115 Å². The number of nitrogens with zero attached hydrogens (tertiary/aromatic N) is 3. The minimum absolute atomic E-state index is 0.638. The molecule has 0 bridgehead atoms. The highest BCUT2D eigenvalue weighted by Gasteiger charge is 2.09. The molecule has 4 heteroatoms. The smallest absolute Gasteiger partial charge is 0.101 e. The minimum Gasteiger partial charge on any atom is -0.368 e.